The molecule has 0 spiro atoms. The lowest BCUT2D eigenvalue weighted by molar-refractivity contribution is 0.640. The molecule has 1 nitrogen and oxygen atoms in total. The molecule has 64 valence electrons. The van der Waals surface area contributed by atoms with Gasteiger partial charge < -0.3 is 5.73 Å². The Hall–Kier alpha value is -0.0500. The monoisotopic (exact) mass is 191 g/mol. The minimum absolute atomic E-state index is 0. The summed E-state index contributed by atoms with van der Waals surface area (Å²) in [6.45, 7) is 2.16. The summed E-state index contributed by atoms with van der Waals surface area (Å²) in [4.78, 5) is 0. The summed E-state index contributed by atoms with van der Waals surface area (Å²) in [6.07, 6.45) is 2.26. The highest BCUT2D eigenvalue weighted by atomic mass is 35.5. The van der Waals surface area contributed by atoms with Gasteiger partial charge in [-0.2, -0.15) is 11.3 Å². The van der Waals surface area contributed by atoms with Crippen LogP contribution >= 0.6 is 23.7 Å². The summed E-state index contributed by atoms with van der Waals surface area (Å²) in [5, 5.41) is 4.20. The van der Waals surface area contributed by atoms with Crippen molar-refractivity contribution in [3.63, 3.8) is 0 Å². The third-order valence-electron chi connectivity index (χ3n) is 1.57. The molecular formula is C8H14ClNS. The van der Waals surface area contributed by atoms with E-state index in [1.54, 1.807) is 11.3 Å². The standard InChI is InChI=1S/C8H13NS.ClH/c1-2-3-8(9)7-4-5-10-6-7;/h4-6,8H,2-3,9H2,1H3;1H. The minimum Gasteiger partial charge on any atom is -0.324 e. The second-order valence-electron chi connectivity index (χ2n) is 2.45. The maximum Gasteiger partial charge on any atom is 0.0303 e. The van der Waals surface area contributed by atoms with Crippen LogP contribution in [0.3, 0.4) is 0 Å². The maximum atomic E-state index is 5.86. The molecule has 1 atom stereocenters. The lowest BCUT2D eigenvalue weighted by atomic mass is 10.1. The van der Waals surface area contributed by atoms with Gasteiger partial charge in [0.2, 0.25) is 0 Å². The van der Waals surface area contributed by atoms with Crippen LogP contribution in [0, 0.1) is 0 Å². The van der Waals surface area contributed by atoms with Crippen LogP contribution in [0.2, 0.25) is 0 Å². The van der Waals surface area contributed by atoms with Crippen molar-refractivity contribution >= 4 is 23.7 Å². The van der Waals surface area contributed by atoms with E-state index >= 15 is 0 Å². The van der Waals surface area contributed by atoms with Crippen LogP contribution in [0.1, 0.15) is 31.4 Å². The molecule has 0 saturated carbocycles. The summed E-state index contributed by atoms with van der Waals surface area (Å²) in [5.74, 6) is 0. The molecule has 0 aliphatic carbocycles. The Balaban J connectivity index is 0.000001000. The van der Waals surface area contributed by atoms with Crippen molar-refractivity contribution < 1.29 is 0 Å². The minimum atomic E-state index is 0. The normalized spacial score (nSPS) is 12.2. The molecule has 2 N–H and O–H groups in total. The predicted molar refractivity (Wildman–Crippen MR) is 53.4 cm³/mol. The van der Waals surface area contributed by atoms with Gasteiger partial charge in [0.05, 0.1) is 0 Å². The largest absolute Gasteiger partial charge is 0.324 e. The maximum absolute atomic E-state index is 5.86. The van der Waals surface area contributed by atoms with E-state index in [0.717, 1.165) is 12.8 Å². The molecule has 0 radical (unpaired) electrons. The van der Waals surface area contributed by atoms with Crippen molar-refractivity contribution in [2.75, 3.05) is 0 Å². The van der Waals surface area contributed by atoms with Gasteiger partial charge >= 0.3 is 0 Å². The fourth-order valence-corrected chi connectivity index (χ4v) is 1.69. The van der Waals surface area contributed by atoms with Gasteiger partial charge in [-0.15, -0.1) is 12.4 Å². The van der Waals surface area contributed by atoms with Crippen molar-refractivity contribution in [2.24, 2.45) is 5.73 Å². The summed E-state index contributed by atoms with van der Waals surface area (Å²) >= 11 is 1.71. The van der Waals surface area contributed by atoms with Crippen molar-refractivity contribution in [2.45, 2.75) is 25.8 Å². The molecule has 0 bridgehead atoms. The number of rotatable bonds is 3. The van der Waals surface area contributed by atoms with Crippen molar-refractivity contribution in [3.8, 4) is 0 Å². The van der Waals surface area contributed by atoms with Gasteiger partial charge in [0, 0.05) is 6.04 Å². The molecule has 11 heavy (non-hydrogen) atoms. The van der Waals surface area contributed by atoms with Crippen LogP contribution in [0.5, 0.6) is 0 Å². The summed E-state index contributed by atoms with van der Waals surface area (Å²) in [7, 11) is 0. The van der Waals surface area contributed by atoms with Crippen LogP contribution in [0.25, 0.3) is 0 Å². The average Bonchev–Trinajstić information content (AvgIpc) is 2.38. The van der Waals surface area contributed by atoms with Gasteiger partial charge in [0.15, 0.2) is 0 Å². The molecule has 0 aromatic carbocycles. The van der Waals surface area contributed by atoms with Crippen LogP contribution in [0.15, 0.2) is 16.8 Å². The first-order valence-electron chi connectivity index (χ1n) is 3.62. The van der Waals surface area contributed by atoms with Crippen molar-refractivity contribution in [1.29, 1.82) is 0 Å². The Kier molecular flexibility index (Phi) is 5.56. The van der Waals surface area contributed by atoms with Gasteiger partial charge in [-0.25, -0.2) is 0 Å². The van der Waals surface area contributed by atoms with Crippen LogP contribution in [-0.4, -0.2) is 0 Å². The molecule has 0 saturated heterocycles. The van der Waals surface area contributed by atoms with E-state index < -0.39 is 0 Å². The molecule has 3 heteroatoms. The van der Waals surface area contributed by atoms with Crippen LogP contribution in [-0.2, 0) is 0 Å². The molecule has 0 aliphatic heterocycles. The number of halogens is 1. The van der Waals surface area contributed by atoms with E-state index in [0.29, 0.717) is 0 Å². The topological polar surface area (TPSA) is 26.0 Å². The zero-order valence-electron chi connectivity index (χ0n) is 6.62. The lowest BCUT2D eigenvalue weighted by Gasteiger charge is -2.06. The molecule has 0 fully saturated rings. The van der Waals surface area contributed by atoms with E-state index in [9.17, 15) is 0 Å². The smallest absolute Gasteiger partial charge is 0.0303 e. The highest BCUT2D eigenvalue weighted by Crippen LogP contribution is 2.17. The zero-order valence-corrected chi connectivity index (χ0v) is 8.25. The van der Waals surface area contributed by atoms with Crippen molar-refractivity contribution in [3.05, 3.63) is 22.4 Å². The van der Waals surface area contributed by atoms with Gasteiger partial charge in [-0.05, 0) is 28.8 Å². The highest BCUT2D eigenvalue weighted by Gasteiger charge is 2.02. The first-order chi connectivity index (χ1) is 4.84. The third kappa shape index (κ3) is 3.23. The Bertz CT molecular complexity index is 174. The SMILES string of the molecule is CCCC(N)c1ccsc1.Cl. The van der Waals surface area contributed by atoms with Crippen LogP contribution in [0.4, 0.5) is 0 Å². The molecule has 1 rings (SSSR count). The summed E-state index contributed by atoms with van der Waals surface area (Å²) in [5.41, 5.74) is 7.14. The molecular weight excluding hydrogens is 178 g/mol. The number of thiophene rings is 1. The Morgan fingerprint density at radius 2 is 2.36 bits per heavy atom. The van der Waals surface area contributed by atoms with E-state index in [-0.39, 0.29) is 18.4 Å². The van der Waals surface area contributed by atoms with Gasteiger partial charge in [0.1, 0.15) is 0 Å². The zero-order chi connectivity index (χ0) is 7.40. The molecule has 1 unspecified atom stereocenters. The molecule has 1 aromatic heterocycles. The second-order valence-corrected chi connectivity index (χ2v) is 3.23. The molecule has 1 aromatic rings. The fourth-order valence-electron chi connectivity index (χ4n) is 0.964. The van der Waals surface area contributed by atoms with E-state index in [1.165, 1.54) is 5.56 Å². The predicted octanol–water partition coefficient (Wildman–Crippen LogP) is 2.97. The Morgan fingerprint density at radius 1 is 1.64 bits per heavy atom. The van der Waals surface area contributed by atoms with Crippen molar-refractivity contribution in [1.82, 2.24) is 0 Å². The van der Waals surface area contributed by atoms with Gasteiger partial charge in [0.25, 0.3) is 0 Å². The quantitative estimate of drug-likeness (QED) is 0.781. The third-order valence-corrected chi connectivity index (χ3v) is 2.27. The first kappa shape index (κ1) is 11.0. The first-order valence-corrected chi connectivity index (χ1v) is 4.56. The molecule has 0 aliphatic rings. The summed E-state index contributed by atoms with van der Waals surface area (Å²) < 4.78 is 0. The number of hydrogen-bond donors (Lipinski definition) is 1. The van der Waals surface area contributed by atoms with E-state index in [4.69, 9.17) is 5.73 Å². The highest BCUT2D eigenvalue weighted by molar-refractivity contribution is 7.07. The molecule has 0 amide bonds. The summed E-state index contributed by atoms with van der Waals surface area (Å²) in [6, 6.07) is 2.36. The number of hydrogen-bond acceptors (Lipinski definition) is 2. The van der Waals surface area contributed by atoms with Crippen LogP contribution < -0.4 is 5.73 Å². The van der Waals surface area contributed by atoms with Gasteiger partial charge in [-0.3, -0.25) is 0 Å². The average molecular weight is 192 g/mol. The second kappa shape index (κ2) is 5.58. The number of nitrogens with two attached hydrogens (primary N) is 1. The fraction of sp³-hybridized carbons (Fsp3) is 0.500. The Labute approximate surface area is 78.0 Å². The van der Waals surface area contributed by atoms with E-state index in [2.05, 4.69) is 23.8 Å². The van der Waals surface area contributed by atoms with E-state index in [1.807, 2.05) is 0 Å². The molecule has 1 heterocycles. The lowest BCUT2D eigenvalue weighted by Crippen LogP contribution is -2.07. The Morgan fingerprint density at radius 3 is 2.82 bits per heavy atom. The van der Waals surface area contributed by atoms with Gasteiger partial charge in [-0.1, -0.05) is 13.3 Å².